The van der Waals surface area contributed by atoms with Crippen molar-refractivity contribution in [1.29, 1.82) is 0 Å². The predicted molar refractivity (Wildman–Crippen MR) is 99.7 cm³/mol. The summed E-state index contributed by atoms with van der Waals surface area (Å²) in [5, 5.41) is 11.6. The Morgan fingerprint density at radius 3 is 2.75 bits per heavy atom. The number of aliphatic carboxylic acids is 1. The number of carbonyl (C=O) groups excluding carboxylic acids is 1. The van der Waals surface area contributed by atoms with Crippen molar-refractivity contribution < 1.29 is 28.9 Å². The Morgan fingerprint density at radius 2 is 1.93 bits per heavy atom. The summed E-state index contributed by atoms with van der Waals surface area (Å²) in [7, 11) is 0. The van der Waals surface area contributed by atoms with E-state index < -0.39 is 12.6 Å². The van der Waals surface area contributed by atoms with E-state index in [0.717, 1.165) is 29.0 Å². The number of fused-ring (bicyclic) bond motifs is 1. The fourth-order valence-corrected chi connectivity index (χ4v) is 3.35. The number of rotatable bonds is 7. The van der Waals surface area contributed by atoms with Crippen LogP contribution in [0.15, 0.2) is 42.5 Å². The average Bonchev–Trinajstić information content (AvgIpc) is 3.51. The molecular weight excluding hydrogens is 362 g/mol. The molecule has 1 aliphatic heterocycles. The van der Waals surface area contributed by atoms with Crippen molar-refractivity contribution >= 4 is 11.9 Å². The van der Waals surface area contributed by atoms with Gasteiger partial charge in [-0.2, -0.15) is 0 Å². The molecule has 0 unspecified atom stereocenters. The molecule has 2 aromatic rings. The molecule has 2 atom stereocenters. The van der Waals surface area contributed by atoms with Crippen molar-refractivity contribution in [2.75, 3.05) is 19.8 Å². The first-order valence-corrected chi connectivity index (χ1v) is 9.21. The molecule has 1 amide bonds. The van der Waals surface area contributed by atoms with Crippen LogP contribution in [0.1, 0.15) is 23.5 Å². The molecule has 0 saturated heterocycles. The Hall–Kier alpha value is -3.22. The normalized spacial score (nSPS) is 19.6. The molecule has 0 aromatic heterocycles. The van der Waals surface area contributed by atoms with Gasteiger partial charge in [-0.15, -0.1) is 0 Å². The molecule has 146 valence electrons. The molecule has 1 saturated carbocycles. The van der Waals surface area contributed by atoms with E-state index in [-0.39, 0.29) is 17.7 Å². The summed E-state index contributed by atoms with van der Waals surface area (Å²) in [4.78, 5) is 23.1. The van der Waals surface area contributed by atoms with Crippen molar-refractivity contribution in [3.8, 4) is 17.2 Å². The number of benzene rings is 2. The second-order valence-corrected chi connectivity index (χ2v) is 6.90. The largest absolute Gasteiger partial charge is 0.486 e. The molecule has 0 bridgehead atoms. The van der Waals surface area contributed by atoms with Crippen LogP contribution in [-0.2, 0) is 16.1 Å². The standard InChI is InChI=1S/C21H21NO6/c23-20(24)12-28-15-3-1-2-13(8-15)11-22-21(25)17-10-16(17)14-4-5-18-19(9-14)27-7-6-26-18/h1-5,8-9,16-17H,6-7,10-12H2,(H,22,25)(H,23,24)/t16-,17-/m1/s1. The summed E-state index contributed by atoms with van der Waals surface area (Å²) in [5.41, 5.74) is 1.95. The van der Waals surface area contributed by atoms with Crippen LogP contribution in [0, 0.1) is 5.92 Å². The summed E-state index contributed by atoms with van der Waals surface area (Å²) < 4.78 is 16.3. The highest BCUT2D eigenvalue weighted by Crippen LogP contribution is 2.49. The van der Waals surface area contributed by atoms with Gasteiger partial charge in [-0.1, -0.05) is 18.2 Å². The van der Waals surface area contributed by atoms with Crippen molar-refractivity contribution in [2.24, 2.45) is 5.92 Å². The van der Waals surface area contributed by atoms with E-state index in [2.05, 4.69) is 5.32 Å². The molecule has 2 N–H and O–H groups in total. The second kappa shape index (κ2) is 7.80. The lowest BCUT2D eigenvalue weighted by molar-refractivity contribution is -0.139. The Morgan fingerprint density at radius 1 is 1.11 bits per heavy atom. The smallest absolute Gasteiger partial charge is 0.341 e. The molecule has 0 spiro atoms. The van der Waals surface area contributed by atoms with Gasteiger partial charge < -0.3 is 24.6 Å². The molecule has 28 heavy (non-hydrogen) atoms. The van der Waals surface area contributed by atoms with Crippen molar-refractivity contribution in [3.05, 3.63) is 53.6 Å². The zero-order valence-electron chi connectivity index (χ0n) is 15.2. The first-order valence-electron chi connectivity index (χ1n) is 9.21. The van der Waals surface area contributed by atoms with Gasteiger partial charge in [0, 0.05) is 12.5 Å². The minimum Gasteiger partial charge on any atom is -0.486 e. The number of carboxylic acid groups (broad SMARTS) is 1. The topological polar surface area (TPSA) is 94.1 Å². The van der Waals surface area contributed by atoms with Crippen molar-refractivity contribution in [2.45, 2.75) is 18.9 Å². The SMILES string of the molecule is O=C(O)COc1cccc(CNC(=O)[C@@H]2C[C@@H]2c2ccc3c(c2)OCCO3)c1. The van der Waals surface area contributed by atoms with Gasteiger partial charge in [0.1, 0.15) is 19.0 Å². The van der Waals surface area contributed by atoms with Gasteiger partial charge >= 0.3 is 5.97 Å². The lowest BCUT2D eigenvalue weighted by atomic mass is 10.1. The fraction of sp³-hybridized carbons (Fsp3) is 0.333. The summed E-state index contributed by atoms with van der Waals surface area (Å²) in [5.74, 6) is 1.09. The van der Waals surface area contributed by atoms with Gasteiger partial charge in [-0.3, -0.25) is 4.79 Å². The Balaban J connectivity index is 1.31. The molecule has 4 rings (SSSR count). The quantitative estimate of drug-likeness (QED) is 0.762. The summed E-state index contributed by atoms with van der Waals surface area (Å²) >= 11 is 0. The van der Waals surface area contributed by atoms with E-state index in [4.69, 9.17) is 19.3 Å². The maximum absolute atomic E-state index is 12.5. The summed E-state index contributed by atoms with van der Waals surface area (Å²) in [6, 6.07) is 12.9. The second-order valence-electron chi connectivity index (χ2n) is 6.90. The molecule has 7 nitrogen and oxygen atoms in total. The molecule has 1 fully saturated rings. The highest BCUT2D eigenvalue weighted by atomic mass is 16.6. The summed E-state index contributed by atoms with van der Waals surface area (Å²) in [6.07, 6.45) is 0.813. The molecule has 2 aliphatic rings. The van der Waals surface area contributed by atoms with Crippen LogP contribution in [0.3, 0.4) is 0 Å². The molecule has 1 heterocycles. The molecule has 0 radical (unpaired) electrons. The van der Waals surface area contributed by atoms with Crippen LogP contribution in [0.4, 0.5) is 0 Å². The highest BCUT2D eigenvalue weighted by Gasteiger charge is 2.44. The van der Waals surface area contributed by atoms with Gasteiger partial charge in [0.25, 0.3) is 0 Å². The average molecular weight is 383 g/mol. The lowest BCUT2D eigenvalue weighted by Gasteiger charge is -2.18. The van der Waals surface area contributed by atoms with Crippen LogP contribution in [0.2, 0.25) is 0 Å². The van der Waals surface area contributed by atoms with E-state index in [1.807, 2.05) is 24.3 Å². The van der Waals surface area contributed by atoms with Crippen LogP contribution in [0.25, 0.3) is 0 Å². The minimum absolute atomic E-state index is 0.0109. The Bertz CT molecular complexity index is 896. The van der Waals surface area contributed by atoms with E-state index in [1.165, 1.54) is 0 Å². The number of amides is 1. The van der Waals surface area contributed by atoms with Crippen molar-refractivity contribution in [3.63, 3.8) is 0 Å². The number of nitrogens with one attached hydrogen (secondary N) is 1. The monoisotopic (exact) mass is 383 g/mol. The molecular formula is C21H21NO6. The minimum atomic E-state index is -1.03. The predicted octanol–water partition coefficient (Wildman–Crippen LogP) is 2.34. The van der Waals surface area contributed by atoms with Gasteiger partial charge in [0.05, 0.1) is 0 Å². The van der Waals surface area contributed by atoms with Gasteiger partial charge in [0.15, 0.2) is 18.1 Å². The Kier molecular flexibility index (Phi) is 5.06. The lowest BCUT2D eigenvalue weighted by Crippen LogP contribution is -2.25. The number of hydrogen-bond donors (Lipinski definition) is 2. The maximum atomic E-state index is 12.5. The number of ether oxygens (including phenoxy) is 3. The van der Waals surface area contributed by atoms with E-state index in [0.29, 0.717) is 25.5 Å². The Labute approximate surface area is 162 Å². The third-order valence-corrected chi connectivity index (χ3v) is 4.85. The van der Waals surface area contributed by atoms with Gasteiger partial charge in [-0.25, -0.2) is 4.79 Å². The molecule has 2 aromatic carbocycles. The highest BCUT2D eigenvalue weighted by molar-refractivity contribution is 5.83. The van der Waals surface area contributed by atoms with Gasteiger partial charge in [0.2, 0.25) is 5.91 Å². The van der Waals surface area contributed by atoms with Crippen LogP contribution in [-0.4, -0.2) is 36.8 Å². The van der Waals surface area contributed by atoms with E-state index in [9.17, 15) is 9.59 Å². The molecule has 7 heteroatoms. The zero-order chi connectivity index (χ0) is 19.5. The summed E-state index contributed by atoms with van der Waals surface area (Å²) in [6.45, 7) is 1.08. The first-order chi connectivity index (χ1) is 13.6. The fourth-order valence-electron chi connectivity index (χ4n) is 3.35. The zero-order valence-corrected chi connectivity index (χ0v) is 15.2. The van der Waals surface area contributed by atoms with Crippen molar-refractivity contribution in [1.82, 2.24) is 5.32 Å². The van der Waals surface area contributed by atoms with Crippen LogP contribution in [0.5, 0.6) is 17.2 Å². The molecule has 1 aliphatic carbocycles. The number of hydrogen-bond acceptors (Lipinski definition) is 5. The van der Waals surface area contributed by atoms with E-state index in [1.54, 1.807) is 18.2 Å². The number of carboxylic acids is 1. The van der Waals surface area contributed by atoms with Crippen LogP contribution < -0.4 is 19.5 Å². The number of carbonyl (C=O) groups is 2. The maximum Gasteiger partial charge on any atom is 0.341 e. The van der Waals surface area contributed by atoms with Crippen LogP contribution >= 0.6 is 0 Å². The first kappa shape index (κ1) is 18.2. The third-order valence-electron chi connectivity index (χ3n) is 4.85. The third kappa shape index (κ3) is 4.19. The van der Waals surface area contributed by atoms with Gasteiger partial charge in [-0.05, 0) is 47.7 Å². The van der Waals surface area contributed by atoms with E-state index >= 15 is 0 Å².